The Morgan fingerprint density at radius 2 is 1.71 bits per heavy atom. The summed E-state index contributed by atoms with van der Waals surface area (Å²) < 4.78 is 0. The van der Waals surface area contributed by atoms with E-state index in [0.717, 1.165) is 18.8 Å². The van der Waals surface area contributed by atoms with Crippen molar-refractivity contribution in [1.29, 1.82) is 0 Å². The first kappa shape index (κ1) is 24.7. The molecular weight excluding hydrogens is 384 g/mol. The highest BCUT2D eigenvalue weighted by Gasteiger charge is 2.49. The van der Waals surface area contributed by atoms with Gasteiger partial charge in [0, 0.05) is 32.2 Å². The van der Waals surface area contributed by atoms with Crippen LogP contribution in [0.25, 0.3) is 0 Å². The first-order chi connectivity index (χ1) is 14.5. The number of hydrogen-bond donors (Lipinski definition) is 1. The van der Waals surface area contributed by atoms with Crippen LogP contribution in [0.15, 0.2) is 30.3 Å². The monoisotopic (exact) mass is 430 g/mol. The van der Waals surface area contributed by atoms with Gasteiger partial charge >= 0.3 is 0 Å². The van der Waals surface area contributed by atoms with Crippen molar-refractivity contribution in [2.24, 2.45) is 5.92 Å². The molecule has 0 spiro atoms. The number of likely N-dealkylation sites (tertiary alicyclic amines) is 1. The number of hydrazine groups is 1. The van der Waals surface area contributed by atoms with Crippen molar-refractivity contribution in [3.63, 3.8) is 0 Å². The van der Waals surface area contributed by atoms with Crippen molar-refractivity contribution in [2.45, 2.75) is 103 Å². The molecule has 6 unspecified atom stereocenters. The van der Waals surface area contributed by atoms with Gasteiger partial charge in [0.1, 0.15) is 6.17 Å². The Bertz CT molecular complexity index is 690. The average molecular weight is 431 g/mol. The van der Waals surface area contributed by atoms with Crippen LogP contribution in [0.2, 0.25) is 0 Å². The Morgan fingerprint density at radius 1 is 1.06 bits per heavy atom. The molecule has 0 amide bonds. The van der Waals surface area contributed by atoms with Gasteiger partial charge in [-0.15, -0.1) is 0 Å². The Hall–Kier alpha value is -0.980. The van der Waals surface area contributed by atoms with E-state index in [2.05, 4.69) is 91.9 Å². The molecule has 2 aliphatic heterocycles. The quantitative estimate of drug-likeness (QED) is 0.673. The Morgan fingerprint density at radius 3 is 2.32 bits per heavy atom. The van der Waals surface area contributed by atoms with E-state index in [0.29, 0.717) is 18.1 Å². The fraction of sp³-hybridized carbons (Fsp3) is 0.769. The van der Waals surface area contributed by atoms with E-state index in [1.54, 1.807) is 0 Å². The summed E-state index contributed by atoms with van der Waals surface area (Å²) in [6, 6.07) is 12.5. The van der Waals surface area contributed by atoms with Gasteiger partial charge in [-0.25, -0.2) is 10.0 Å². The number of nitrogens with zero attached hydrogens (tertiary/aromatic N) is 4. The molecule has 0 saturated carbocycles. The predicted octanol–water partition coefficient (Wildman–Crippen LogP) is 4.03. The summed E-state index contributed by atoms with van der Waals surface area (Å²) in [7, 11) is 4.23. The van der Waals surface area contributed by atoms with Crippen molar-refractivity contribution in [3.8, 4) is 0 Å². The molecule has 1 aromatic rings. The topological polar surface area (TPSA) is 33.2 Å². The summed E-state index contributed by atoms with van der Waals surface area (Å²) in [5.74, 6) is 0.736. The third-order valence-electron chi connectivity index (χ3n) is 8.04. The number of benzene rings is 1. The van der Waals surface area contributed by atoms with Gasteiger partial charge in [0.25, 0.3) is 0 Å². The first-order valence-electron chi connectivity index (χ1n) is 12.3. The molecule has 0 radical (unpaired) electrons. The van der Waals surface area contributed by atoms with Gasteiger partial charge in [-0.2, -0.15) is 0 Å². The van der Waals surface area contributed by atoms with E-state index >= 15 is 0 Å². The molecular formula is C26H46N4O. The SMILES string of the molecule is CC1CC(CC(C)N2C(C)N(C)N(C)C2C(C)(C)O)N(CCCc2ccccc2)C1C. The summed E-state index contributed by atoms with van der Waals surface area (Å²) in [6.07, 6.45) is 5.06. The number of aryl methyl sites for hydroxylation is 1. The van der Waals surface area contributed by atoms with Crippen LogP contribution >= 0.6 is 0 Å². The molecule has 176 valence electrons. The minimum Gasteiger partial charge on any atom is -0.387 e. The molecule has 5 nitrogen and oxygen atoms in total. The lowest BCUT2D eigenvalue weighted by atomic mass is 9.97. The molecule has 2 heterocycles. The minimum atomic E-state index is -0.784. The van der Waals surface area contributed by atoms with E-state index in [4.69, 9.17) is 0 Å². The maximum atomic E-state index is 10.9. The van der Waals surface area contributed by atoms with Crippen LogP contribution in [0.5, 0.6) is 0 Å². The van der Waals surface area contributed by atoms with E-state index in [1.807, 2.05) is 13.8 Å². The zero-order valence-electron chi connectivity index (χ0n) is 21.1. The summed E-state index contributed by atoms with van der Waals surface area (Å²) in [6.45, 7) is 14.5. The summed E-state index contributed by atoms with van der Waals surface area (Å²) in [4.78, 5) is 5.30. The Labute approximate surface area is 191 Å². The van der Waals surface area contributed by atoms with Gasteiger partial charge in [-0.05, 0) is 78.3 Å². The Kier molecular flexibility index (Phi) is 7.86. The number of aliphatic hydroxyl groups is 1. The smallest absolute Gasteiger partial charge is 0.106 e. The van der Waals surface area contributed by atoms with Gasteiger partial charge in [-0.3, -0.25) is 9.80 Å². The third-order valence-corrected chi connectivity index (χ3v) is 8.04. The minimum absolute atomic E-state index is 0.00900. The summed E-state index contributed by atoms with van der Waals surface area (Å²) in [5, 5.41) is 15.4. The van der Waals surface area contributed by atoms with E-state index < -0.39 is 5.60 Å². The highest BCUT2D eigenvalue weighted by Crippen LogP contribution is 2.37. The first-order valence-corrected chi connectivity index (χ1v) is 12.3. The predicted molar refractivity (Wildman–Crippen MR) is 129 cm³/mol. The van der Waals surface area contributed by atoms with Crippen LogP contribution in [0, 0.1) is 5.92 Å². The van der Waals surface area contributed by atoms with Crippen LogP contribution < -0.4 is 0 Å². The molecule has 2 fully saturated rings. The zero-order chi connectivity index (χ0) is 22.9. The van der Waals surface area contributed by atoms with Crippen molar-refractivity contribution in [2.75, 3.05) is 20.6 Å². The summed E-state index contributed by atoms with van der Waals surface area (Å²) in [5.41, 5.74) is 0.658. The van der Waals surface area contributed by atoms with Crippen molar-refractivity contribution < 1.29 is 5.11 Å². The molecule has 2 aliphatic rings. The van der Waals surface area contributed by atoms with Gasteiger partial charge in [0.05, 0.1) is 11.8 Å². The molecule has 1 aromatic carbocycles. The van der Waals surface area contributed by atoms with Crippen molar-refractivity contribution in [1.82, 2.24) is 19.8 Å². The third kappa shape index (κ3) is 5.33. The fourth-order valence-electron chi connectivity index (χ4n) is 6.12. The van der Waals surface area contributed by atoms with Crippen LogP contribution in [0.3, 0.4) is 0 Å². The van der Waals surface area contributed by atoms with Crippen LogP contribution in [0.1, 0.15) is 66.4 Å². The van der Waals surface area contributed by atoms with Gasteiger partial charge < -0.3 is 5.11 Å². The lowest BCUT2D eigenvalue weighted by molar-refractivity contribution is -0.0885. The molecule has 1 N–H and O–H groups in total. The molecule has 0 bridgehead atoms. The van der Waals surface area contributed by atoms with E-state index in [-0.39, 0.29) is 12.3 Å². The second-order valence-electron chi connectivity index (χ2n) is 10.8. The Balaban J connectivity index is 1.67. The maximum absolute atomic E-state index is 10.9. The highest BCUT2D eigenvalue weighted by molar-refractivity contribution is 5.14. The normalized spacial score (nSPS) is 32.7. The van der Waals surface area contributed by atoms with Crippen molar-refractivity contribution >= 4 is 0 Å². The molecule has 31 heavy (non-hydrogen) atoms. The van der Waals surface area contributed by atoms with Gasteiger partial charge in [-0.1, -0.05) is 37.3 Å². The maximum Gasteiger partial charge on any atom is 0.106 e. The van der Waals surface area contributed by atoms with E-state index in [1.165, 1.54) is 24.9 Å². The molecule has 5 heteroatoms. The molecule has 0 aliphatic carbocycles. The second-order valence-corrected chi connectivity index (χ2v) is 10.8. The van der Waals surface area contributed by atoms with Crippen LogP contribution in [0.4, 0.5) is 0 Å². The van der Waals surface area contributed by atoms with Gasteiger partial charge in [0.2, 0.25) is 0 Å². The standard InChI is InChI=1S/C26H46N4O/c1-19-17-24(29(21(19)3)16-12-15-23-13-10-9-11-14-23)18-20(2)30-22(4)27(7)28(8)25(30)26(5,6)31/h9-11,13-14,19-22,24-25,31H,12,15-18H2,1-8H3. The fourth-order valence-corrected chi connectivity index (χ4v) is 6.12. The average Bonchev–Trinajstić information content (AvgIpc) is 3.10. The van der Waals surface area contributed by atoms with E-state index in [9.17, 15) is 5.11 Å². The van der Waals surface area contributed by atoms with Crippen molar-refractivity contribution in [3.05, 3.63) is 35.9 Å². The lowest BCUT2D eigenvalue weighted by Gasteiger charge is -2.41. The number of hydrogen-bond acceptors (Lipinski definition) is 5. The van der Waals surface area contributed by atoms with Gasteiger partial charge in [0.15, 0.2) is 0 Å². The largest absolute Gasteiger partial charge is 0.387 e. The lowest BCUT2D eigenvalue weighted by Crippen LogP contribution is -2.56. The highest BCUT2D eigenvalue weighted by atomic mass is 16.3. The van der Waals surface area contributed by atoms with Crippen LogP contribution in [-0.2, 0) is 6.42 Å². The molecule has 6 atom stereocenters. The number of rotatable bonds is 8. The zero-order valence-corrected chi connectivity index (χ0v) is 21.1. The molecule has 2 saturated heterocycles. The number of likely N-dealkylation sites (N-methyl/N-ethyl adjacent to an activating group) is 1. The summed E-state index contributed by atoms with van der Waals surface area (Å²) >= 11 is 0. The molecule has 3 rings (SSSR count). The van der Waals surface area contributed by atoms with Crippen LogP contribution in [-0.4, -0.2) is 81.6 Å². The molecule has 0 aromatic heterocycles. The second kappa shape index (κ2) is 9.88.